The quantitative estimate of drug-likeness (QED) is 0.765. The van der Waals surface area contributed by atoms with Crippen LogP contribution >= 0.6 is 0 Å². The Labute approximate surface area is 129 Å². The number of nitrogens with one attached hydrogen (secondary N) is 1. The highest BCUT2D eigenvalue weighted by Gasteiger charge is 2.24. The summed E-state index contributed by atoms with van der Waals surface area (Å²) in [5.41, 5.74) is 0. The van der Waals surface area contributed by atoms with E-state index in [1.165, 1.54) is 6.92 Å². The molecule has 1 aliphatic heterocycles. The molecule has 0 saturated carbocycles. The van der Waals surface area contributed by atoms with Crippen molar-refractivity contribution >= 4 is 11.7 Å². The van der Waals surface area contributed by atoms with E-state index in [-0.39, 0.29) is 23.7 Å². The molecule has 0 aliphatic carbocycles. The Hall–Kier alpha value is -0.940. The molecule has 2 unspecified atom stereocenters. The van der Waals surface area contributed by atoms with Gasteiger partial charge in [-0.25, -0.2) is 0 Å². The fourth-order valence-electron chi connectivity index (χ4n) is 2.78. The van der Waals surface area contributed by atoms with E-state index in [0.29, 0.717) is 12.6 Å². The van der Waals surface area contributed by atoms with Crippen molar-refractivity contribution in [1.82, 2.24) is 15.1 Å². The third-order valence-corrected chi connectivity index (χ3v) is 4.41. The fourth-order valence-corrected chi connectivity index (χ4v) is 2.78. The summed E-state index contributed by atoms with van der Waals surface area (Å²) in [6, 6.07) is 0.253. The van der Waals surface area contributed by atoms with Crippen LogP contribution in [0.15, 0.2) is 0 Å². The molecule has 0 aromatic rings. The molecule has 1 heterocycles. The van der Waals surface area contributed by atoms with Gasteiger partial charge in [-0.05, 0) is 26.2 Å². The highest BCUT2D eigenvalue weighted by Crippen LogP contribution is 2.09. The van der Waals surface area contributed by atoms with Gasteiger partial charge in [-0.3, -0.25) is 19.4 Å². The highest BCUT2D eigenvalue weighted by atomic mass is 16.2. The van der Waals surface area contributed by atoms with Gasteiger partial charge in [0, 0.05) is 32.2 Å². The van der Waals surface area contributed by atoms with Crippen molar-refractivity contribution in [2.75, 3.05) is 32.7 Å². The summed E-state index contributed by atoms with van der Waals surface area (Å²) in [6.07, 6.45) is 1.16. The van der Waals surface area contributed by atoms with Crippen LogP contribution in [0.2, 0.25) is 0 Å². The van der Waals surface area contributed by atoms with Crippen LogP contribution in [-0.2, 0) is 9.59 Å². The number of amides is 1. The van der Waals surface area contributed by atoms with Gasteiger partial charge in [-0.1, -0.05) is 20.8 Å². The van der Waals surface area contributed by atoms with Gasteiger partial charge in [0.05, 0.1) is 12.6 Å². The van der Waals surface area contributed by atoms with Gasteiger partial charge in [0.1, 0.15) is 0 Å². The summed E-state index contributed by atoms with van der Waals surface area (Å²) in [5.74, 6) is 0.120. The summed E-state index contributed by atoms with van der Waals surface area (Å²) < 4.78 is 0. The molecule has 0 bridgehead atoms. The van der Waals surface area contributed by atoms with Gasteiger partial charge in [0.15, 0.2) is 5.78 Å². The third-order valence-electron chi connectivity index (χ3n) is 4.41. The SMILES string of the molecule is CCC(C)N1CCN(CC(=O)NC(C(C)=O)C(C)C)CC1. The number of hydrogen-bond donors (Lipinski definition) is 1. The minimum Gasteiger partial charge on any atom is -0.345 e. The first kappa shape index (κ1) is 18.1. The van der Waals surface area contributed by atoms with Crippen molar-refractivity contribution in [2.24, 2.45) is 5.92 Å². The first-order valence-corrected chi connectivity index (χ1v) is 8.11. The van der Waals surface area contributed by atoms with E-state index in [1.807, 2.05) is 13.8 Å². The lowest BCUT2D eigenvalue weighted by atomic mass is 10.0. The van der Waals surface area contributed by atoms with E-state index >= 15 is 0 Å². The molecular weight excluding hydrogens is 266 g/mol. The average Bonchev–Trinajstić information content (AvgIpc) is 2.44. The summed E-state index contributed by atoms with van der Waals surface area (Å²) in [7, 11) is 0. The molecule has 1 saturated heterocycles. The molecule has 0 radical (unpaired) electrons. The van der Waals surface area contributed by atoms with Crippen molar-refractivity contribution in [3.05, 3.63) is 0 Å². The van der Waals surface area contributed by atoms with E-state index in [0.717, 1.165) is 32.6 Å². The van der Waals surface area contributed by atoms with Crippen LogP contribution < -0.4 is 5.32 Å². The van der Waals surface area contributed by atoms with E-state index in [9.17, 15) is 9.59 Å². The Balaban J connectivity index is 2.38. The minimum absolute atomic E-state index is 0.0277. The number of piperazine rings is 1. The summed E-state index contributed by atoms with van der Waals surface area (Å²) in [5, 5.41) is 2.86. The lowest BCUT2D eigenvalue weighted by Gasteiger charge is -2.37. The maximum Gasteiger partial charge on any atom is 0.234 e. The molecule has 1 aliphatic rings. The zero-order chi connectivity index (χ0) is 16.0. The number of nitrogens with zero attached hydrogens (tertiary/aromatic N) is 2. The molecule has 0 aromatic heterocycles. The van der Waals surface area contributed by atoms with Gasteiger partial charge < -0.3 is 5.32 Å². The molecule has 2 atom stereocenters. The van der Waals surface area contributed by atoms with Crippen LogP contribution in [0.1, 0.15) is 41.0 Å². The van der Waals surface area contributed by atoms with E-state index < -0.39 is 0 Å². The molecule has 1 fully saturated rings. The molecule has 1 amide bonds. The molecule has 0 spiro atoms. The predicted octanol–water partition coefficient (Wildman–Crippen LogP) is 1.13. The number of rotatable bonds is 7. The minimum atomic E-state index is -0.362. The molecule has 1 N–H and O–H groups in total. The molecule has 1 rings (SSSR count). The molecule has 0 aromatic carbocycles. The zero-order valence-electron chi connectivity index (χ0n) is 14.2. The predicted molar refractivity (Wildman–Crippen MR) is 85.2 cm³/mol. The van der Waals surface area contributed by atoms with Crippen LogP contribution in [0.4, 0.5) is 0 Å². The van der Waals surface area contributed by atoms with Gasteiger partial charge >= 0.3 is 0 Å². The Morgan fingerprint density at radius 3 is 2.10 bits per heavy atom. The monoisotopic (exact) mass is 297 g/mol. The Morgan fingerprint density at radius 1 is 1.10 bits per heavy atom. The topological polar surface area (TPSA) is 52.6 Å². The average molecular weight is 297 g/mol. The first-order valence-electron chi connectivity index (χ1n) is 8.11. The first-order chi connectivity index (χ1) is 9.85. The van der Waals surface area contributed by atoms with Crippen molar-refractivity contribution in [3.8, 4) is 0 Å². The normalized spacial score (nSPS) is 20.3. The summed E-state index contributed by atoms with van der Waals surface area (Å²) in [6.45, 7) is 14.2. The number of ketones is 1. The third kappa shape index (κ3) is 5.75. The van der Waals surface area contributed by atoms with Crippen LogP contribution in [-0.4, -0.2) is 66.3 Å². The maximum absolute atomic E-state index is 12.1. The van der Waals surface area contributed by atoms with Gasteiger partial charge in [-0.15, -0.1) is 0 Å². The van der Waals surface area contributed by atoms with E-state index in [2.05, 4.69) is 29.0 Å². The molecular formula is C16H31N3O2. The van der Waals surface area contributed by atoms with E-state index in [4.69, 9.17) is 0 Å². The number of Topliss-reactive ketones (excluding diaryl/α,β-unsaturated/α-hetero) is 1. The molecule has 122 valence electrons. The van der Waals surface area contributed by atoms with Gasteiger partial charge in [-0.2, -0.15) is 0 Å². The van der Waals surface area contributed by atoms with Crippen molar-refractivity contribution < 1.29 is 9.59 Å². The second-order valence-electron chi connectivity index (χ2n) is 6.47. The van der Waals surface area contributed by atoms with Crippen molar-refractivity contribution in [3.63, 3.8) is 0 Å². The number of hydrogen-bond acceptors (Lipinski definition) is 4. The highest BCUT2D eigenvalue weighted by molar-refractivity contribution is 5.88. The largest absolute Gasteiger partial charge is 0.345 e. The summed E-state index contributed by atoms with van der Waals surface area (Å²) >= 11 is 0. The molecule has 5 nitrogen and oxygen atoms in total. The maximum atomic E-state index is 12.1. The number of carbonyl (C=O) groups is 2. The van der Waals surface area contributed by atoms with Gasteiger partial charge in [0.2, 0.25) is 5.91 Å². The van der Waals surface area contributed by atoms with Gasteiger partial charge in [0.25, 0.3) is 0 Å². The summed E-state index contributed by atoms with van der Waals surface area (Å²) in [4.78, 5) is 28.3. The molecule has 5 heteroatoms. The smallest absolute Gasteiger partial charge is 0.234 e. The fraction of sp³-hybridized carbons (Fsp3) is 0.875. The standard InChI is InChI=1S/C16H31N3O2/c1-6-13(4)19-9-7-18(8-10-19)11-15(21)17-16(12(2)3)14(5)20/h12-13,16H,6-11H2,1-5H3,(H,17,21). The molecule has 21 heavy (non-hydrogen) atoms. The van der Waals surface area contributed by atoms with Crippen LogP contribution in [0.3, 0.4) is 0 Å². The Morgan fingerprint density at radius 2 is 1.67 bits per heavy atom. The van der Waals surface area contributed by atoms with Crippen LogP contribution in [0.25, 0.3) is 0 Å². The Kier molecular flexibility index (Phi) is 7.32. The van der Waals surface area contributed by atoms with E-state index in [1.54, 1.807) is 0 Å². The van der Waals surface area contributed by atoms with Crippen molar-refractivity contribution in [2.45, 2.75) is 53.1 Å². The lowest BCUT2D eigenvalue weighted by Crippen LogP contribution is -2.53. The second kappa shape index (κ2) is 8.49. The van der Waals surface area contributed by atoms with Crippen LogP contribution in [0.5, 0.6) is 0 Å². The zero-order valence-corrected chi connectivity index (χ0v) is 14.2. The Bertz CT molecular complexity index is 349. The lowest BCUT2D eigenvalue weighted by molar-refractivity contribution is -0.128. The second-order valence-corrected chi connectivity index (χ2v) is 6.47. The number of carbonyl (C=O) groups excluding carboxylic acids is 2. The van der Waals surface area contributed by atoms with Crippen molar-refractivity contribution in [1.29, 1.82) is 0 Å². The van der Waals surface area contributed by atoms with Crippen LogP contribution in [0, 0.1) is 5.92 Å².